The van der Waals surface area contributed by atoms with Gasteiger partial charge in [0.05, 0.1) is 12.1 Å². The van der Waals surface area contributed by atoms with E-state index in [4.69, 9.17) is 11.6 Å². The van der Waals surface area contributed by atoms with Gasteiger partial charge in [-0.25, -0.2) is 0 Å². The summed E-state index contributed by atoms with van der Waals surface area (Å²) in [7, 11) is 0. The average molecular weight is 254 g/mol. The van der Waals surface area contributed by atoms with Crippen LogP contribution in [0.2, 0.25) is 0 Å². The molecule has 0 saturated carbocycles. The van der Waals surface area contributed by atoms with Crippen LogP contribution in [0.25, 0.3) is 0 Å². The van der Waals surface area contributed by atoms with Crippen molar-refractivity contribution < 1.29 is 5.11 Å². The van der Waals surface area contributed by atoms with Gasteiger partial charge in [-0.05, 0) is 25.3 Å². The van der Waals surface area contributed by atoms with Crippen molar-refractivity contribution in [2.45, 2.75) is 32.4 Å². The van der Waals surface area contributed by atoms with Crippen LogP contribution in [0.3, 0.4) is 0 Å². The van der Waals surface area contributed by atoms with Gasteiger partial charge in [0.15, 0.2) is 0 Å². The van der Waals surface area contributed by atoms with E-state index in [9.17, 15) is 5.11 Å². The molecule has 2 nitrogen and oxygen atoms in total. The van der Waals surface area contributed by atoms with Crippen LogP contribution < -0.4 is 0 Å². The van der Waals surface area contributed by atoms with Gasteiger partial charge in [0.1, 0.15) is 5.17 Å². The molecule has 1 rings (SSSR count). The number of allylic oxidation sites excluding steroid dienone is 3. The molecule has 0 aromatic carbocycles. The van der Waals surface area contributed by atoms with Gasteiger partial charge in [-0.1, -0.05) is 42.8 Å². The summed E-state index contributed by atoms with van der Waals surface area (Å²) in [6, 6.07) is -0.0407. The molecular formula is C14H20ClNO. The van der Waals surface area contributed by atoms with Crippen LogP contribution in [0.5, 0.6) is 0 Å². The number of hydrogen-bond acceptors (Lipinski definition) is 2. The molecule has 0 aromatic rings. The molecule has 0 bridgehead atoms. The topological polar surface area (TPSA) is 32.6 Å². The number of hydrogen-bond donors (Lipinski definition) is 1. The van der Waals surface area contributed by atoms with Gasteiger partial charge in [-0.15, -0.1) is 6.58 Å². The number of aliphatic hydroxyl groups excluding tert-OH is 1. The van der Waals surface area contributed by atoms with E-state index < -0.39 is 6.10 Å². The zero-order chi connectivity index (χ0) is 13.0. The molecule has 3 unspecified atom stereocenters. The van der Waals surface area contributed by atoms with Crippen LogP contribution in [-0.2, 0) is 0 Å². The van der Waals surface area contributed by atoms with Crippen molar-refractivity contribution in [1.29, 1.82) is 0 Å². The number of nitrogens with zero attached hydrogens (tertiary/aromatic N) is 1. The van der Waals surface area contributed by atoms with Crippen molar-refractivity contribution in [3.05, 3.63) is 37.0 Å². The van der Waals surface area contributed by atoms with Crippen LogP contribution in [0.1, 0.15) is 20.3 Å². The summed E-state index contributed by atoms with van der Waals surface area (Å²) in [5.74, 6) is 0.291. The lowest BCUT2D eigenvalue weighted by molar-refractivity contribution is 0.103. The predicted molar refractivity (Wildman–Crippen MR) is 74.5 cm³/mol. The largest absolute Gasteiger partial charge is 0.389 e. The normalized spacial score (nSPS) is 34.0. The molecule has 1 aliphatic rings. The molecule has 0 saturated heterocycles. The van der Waals surface area contributed by atoms with Gasteiger partial charge >= 0.3 is 0 Å². The molecule has 3 heteroatoms. The fourth-order valence-electron chi connectivity index (χ4n) is 2.38. The fraction of sp³-hybridized carbons (Fsp3) is 0.500. The molecule has 1 heterocycles. The molecule has 17 heavy (non-hydrogen) atoms. The van der Waals surface area contributed by atoms with Gasteiger partial charge < -0.3 is 5.11 Å². The molecule has 1 aliphatic heterocycles. The highest BCUT2D eigenvalue weighted by Gasteiger charge is 2.29. The number of halogens is 1. The lowest BCUT2D eigenvalue weighted by Crippen LogP contribution is -2.33. The van der Waals surface area contributed by atoms with E-state index in [-0.39, 0.29) is 17.9 Å². The van der Waals surface area contributed by atoms with Crippen LogP contribution in [0.15, 0.2) is 42.0 Å². The minimum absolute atomic E-state index is 0.0119. The molecule has 0 aromatic heterocycles. The number of aliphatic hydroxyl groups is 1. The second kappa shape index (κ2) is 6.18. The highest BCUT2D eigenvalue weighted by Crippen LogP contribution is 2.29. The molecule has 0 spiro atoms. The third-order valence-corrected chi connectivity index (χ3v) is 3.44. The Morgan fingerprint density at radius 3 is 2.76 bits per heavy atom. The minimum atomic E-state index is -0.570. The van der Waals surface area contributed by atoms with Crippen LogP contribution in [0.4, 0.5) is 0 Å². The predicted octanol–water partition coefficient (Wildman–Crippen LogP) is 3.33. The van der Waals surface area contributed by atoms with E-state index in [1.807, 2.05) is 13.0 Å². The van der Waals surface area contributed by atoms with Crippen molar-refractivity contribution in [2.75, 3.05) is 0 Å². The van der Waals surface area contributed by atoms with Crippen molar-refractivity contribution in [1.82, 2.24) is 0 Å². The Morgan fingerprint density at radius 2 is 2.18 bits per heavy atom. The first-order valence-electron chi connectivity index (χ1n) is 5.85. The summed E-state index contributed by atoms with van der Waals surface area (Å²) in [6.07, 6.45) is 5.47. The van der Waals surface area contributed by atoms with Crippen molar-refractivity contribution >= 4 is 16.8 Å². The van der Waals surface area contributed by atoms with Gasteiger partial charge in [0.25, 0.3) is 0 Å². The molecular weight excluding hydrogens is 234 g/mol. The second-order valence-corrected chi connectivity index (χ2v) is 5.06. The summed E-state index contributed by atoms with van der Waals surface area (Å²) >= 11 is 6.00. The molecule has 1 N–H and O–H groups in total. The van der Waals surface area contributed by atoms with E-state index in [1.54, 1.807) is 12.2 Å². The van der Waals surface area contributed by atoms with E-state index >= 15 is 0 Å². The number of aliphatic imine (C=N–C) groups is 1. The third-order valence-electron chi connectivity index (χ3n) is 3.22. The minimum Gasteiger partial charge on any atom is -0.389 e. The maximum Gasteiger partial charge on any atom is 0.123 e. The SMILES string of the molecule is C=CC(O)C1C(C)N=C(Cl)/C=C\C(=C)C[C@@H]1C. The third kappa shape index (κ3) is 3.83. The summed E-state index contributed by atoms with van der Waals surface area (Å²) in [5.41, 5.74) is 1.00. The summed E-state index contributed by atoms with van der Waals surface area (Å²) in [4.78, 5) is 4.38. The Balaban J connectivity index is 3.05. The first-order chi connectivity index (χ1) is 7.95. The Labute approximate surface area is 108 Å². The zero-order valence-corrected chi connectivity index (χ0v) is 11.2. The second-order valence-electron chi connectivity index (χ2n) is 4.67. The lowest BCUT2D eigenvalue weighted by Gasteiger charge is -2.30. The summed E-state index contributed by atoms with van der Waals surface area (Å²) in [5, 5.41) is 10.5. The molecule has 0 aliphatic carbocycles. The van der Waals surface area contributed by atoms with Crippen LogP contribution in [-0.4, -0.2) is 22.4 Å². The van der Waals surface area contributed by atoms with Crippen LogP contribution in [0, 0.1) is 11.8 Å². The van der Waals surface area contributed by atoms with Gasteiger partial charge in [0, 0.05) is 5.92 Å². The van der Waals surface area contributed by atoms with Crippen LogP contribution >= 0.6 is 11.6 Å². The smallest absolute Gasteiger partial charge is 0.123 e. The van der Waals surface area contributed by atoms with Crippen molar-refractivity contribution in [2.24, 2.45) is 16.8 Å². The van der Waals surface area contributed by atoms with Gasteiger partial charge in [-0.2, -0.15) is 0 Å². The van der Waals surface area contributed by atoms with Gasteiger partial charge in [-0.3, -0.25) is 4.99 Å². The highest BCUT2D eigenvalue weighted by molar-refractivity contribution is 6.68. The Morgan fingerprint density at radius 1 is 1.53 bits per heavy atom. The number of rotatable bonds is 2. The standard InChI is InChI=1S/C14H20ClNO/c1-5-12(17)14-10(3)8-9(2)6-7-13(15)16-11(14)4/h5-7,10-12,14,17H,1-2,8H2,3-4H3/b7-6-,16-13?/t10-,11?,12?,14?/m0/s1. The lowest BCUT2D eigenvalue weighted by atomic mass is 9.80. The zero-order valence-electron chi connectivity index (χ0n) is 10.4. The molecule has 4 atom stereocenters. The summed E-state index contributed by atoms with van der Waals surface area (Å²) < 4.78 is 0. The average Bonchev–Trinajstić information content (AvgIpc) is 2.29. The Hall–Kier alpha value is -0.860. The maximum absolute atomic E-state index is 10.0. The van der Waals surface area contributed by atoms with E-state index in [0.717, 1.165) is 12.0 Å². The van der Waals surface area contributed by atoms with E-state index in [0.29, 0.717) is 5.17 Å². The van der Waals surface area contributed by atoms with E-state index in [2.05, 4.69) is 25.1 Å². The fourth-order valence-corrected chi connectivity index (χ4v) is 2.60. The van der Waals surface area contributed by atoms with Gasteiger partial charge in [0.2, 0.25) is 0 Å². The monoisotopic (exact) mass is 253 g/mol. The summed E-state index contributed by atoms with van der Waals surface area (Å²) in [6.45, 7) is 11.7. The molecule has 0 amide bonds. The highest BCUT2D eigenvalue weighted by atomic mass is 35.5. The molecule has 0 fully saturated rings. The van der Waals surface area contributed by atoms with E-state index in [1.165, 1.54) is 0 Å². The first-order valence-corrected chi connectivity index (χ1v) is 6.23. The Kier molecular flexibility index (Phi) is 5.16. The first kappa shape index (κ1) is 14.2. The van der Waals surface area contributed by atoms with Crippen molar-refractivity contribution in [3.63, 3.8) is 0 Å². The van der Waals surface area contributed by atoms with Crippen molar-refractivity contribution in [3.8, 4) is 0 Å². The molecule has 94 valence electrons. The molecule has 0 radical (unpaired) electrons. The maximum atomic E-state index is 10.0. The Bertz CT molecular complexity index is 359. The quantitative estimate of drug-likeness (QED) is 0.753.